The first-order chi connectivity index (χ1) is 16.5. The smallest absolute Gasteiger partial charge is 1.00 e. The van der Waals surface area contributed by atoms with E-state index in [9.17, 15) is 0 Å². The van der Waals surface area contributed by atoms with E-state index in [1.54, 1.807) is 23.3 Å². The Balaban J connectivity index is 0.000000604. The fourth-order valence-electron chi connectivity index (χ4n) is 4.49. The summed E-state index contributed by atoms with van der Waals surface area (Å²) >= 11 is 1.74. The van der Waals surface area contributed by atoms with Crippen molar-refractivity contribution in [2.45, 2.75) is 105 Å². The minimum absolute atomic E-state index is 0. The molecule has 4 aromatic rings. The third-order valence-electron chi connectivity index (χ3n) is 6.50. The standard InChI is InChI=1S/2C16H21.C2H6Si.2ClH.Zr/c2*1-11(2)13-9-12-7-6-8-15(14(12)10-13)16(3,4)5;1-3-2;;;/h2*6-11H,1-5H3;1-2H3;2*1H;/q2*-1;;;;+2/p-2. The van der Waals surface area contributed by atoms with Crippen molar-refractivity contribution < 1.29 is 48.1 Å². The van der Waals surface area contributed by atoms with Gasteiger partial charge in [-0.25, -0.2) is 0 Å². The number of benzene rings is 2. The van der Waals surface area contributed by atoms with Gasteiger partial charge in [-0.05, 0) is 22.7 Å². The molecule has 4 aromatic carbocycles. The summed E-state index contributed by atoms with van der Waals surface area (Å²) in [7, 11) is 0. The zero-order chi connectivity index (χ0) is 27.4. The van der Waals surface area contributed by atoms with Crippen molar-refractivity contribution >= 4 is 27.0 Å². The molecule has 0 aromatic heterocycles. The topological polar surface area (TPSA) is 0 Å². The third-order valence-corrected chi connectivity index (χ3v) is 6.50. The molecule has 208 valence electrons. The molecular formula is C34H48Cl2SiZr-2. The summed E-state index contributed by atoms with van der Waals surface area (Å²) in [4.78, 5) is 0. The van der Waals surface area contributed by atoms with Crippen molar-refractivity contribution in [2.75, 3.05) is 0 Å². The van der Waals surface area contributed by atoms with Gasteiger partial charge in [-0.2, -0.15) is 12.1 Å². The maximum absolute atomic E-state index is 2.36. The number of fused-ring (bicyclic) bond motifs is 2. The number of halogens is 2. The molecule has 0 aliphatic heterocycles. The monoisotopic (exact) mass is 644 g/mol. The van der Waals surface area contributed by atoms with Gasteiger partial charge < -0.3 is 24.8 Å². The zero-order valence-corrected chi connectivity index (χ0v) is 30.7. The first-order valence-corrected chi connectivity index (χ1v) is 19.6. The van der Waals surface area contributed by atoms with Crippen LogP contribution >= 0.6 is 0 Å². The van der Waals surface area contributed by atoms with E-state index in [0.29, 0.717) is 11.8 Å². The number of hydrogen-bond donors (Lipinski definition) is 0. The Morgan fingerprint density at radius 2 is 0.921 bits per heavy atom. The maximum atomic E-state index is 2.36. The molecular weight excluding hydrogens is 599 g/mol. The second-order valence-electron chi connectivity index (χ2n) is 13.0. The first kappa shape index (κ1) is 37.3. The van der Waals surface area contributed by atoms with Crippen LogP contribution < -0.4 is 24.8 Å². The van der Waals surface area contributed by atoms with Crippen LogP contribution in [0.5, 0.6) is 0 Å². The van der Waals surface area contributed by atoms with Crippen LogP contribution in [0.1, 0.15) is 103 Å². The van der Waals surface area contributed by atoms with Gasteiger partial charge in [-0.15, -0.1) is 69.1 Å². The van der Waals surface area contributed by atoms with E-state index in [4.69, 9.17) is 0 Å². The molecule has 0 atom stereocenters. The van der Waals surface area contributed by atoms with Crippen LogP contribution in [-0.4, -0.2) is 5.43 Å². The second-order valence-corrected chi connectivity index (χ2v) is 22.4. The Kier molecular flexibility index (Phi) is 15.1. The number of rotatable bonds is 2. The molecule has 0 N–H and O–H groups in total. The van der Waals surface area contributed by atoms with E-state index in [2.05, 4.69) is 143 Å². The van der Waals surface area contributed by atoms with Crippen molar-refractivity contribution in [3.63, 3.8) is 0 Å². The normalized spacial score (nSPS) is 11.4. The van der Waals surface area contributed by atoms with Crippen LogP contribution in [-0.2, 0) is 34.2 Å². The molecule has 0 radical (unpaired) electrons. The molecule has 0 saturated heterocycles. The minimum atomic E-state index is 0. The summed E-state index contributed by atoms with van der Waals surface area (Å²) in [6.45, 7) is 27.3. The van der Waals surface area contributed by atoms with Gasteiger partial charge in [0.1, 0.15) is 0 Å². The fourth-order valence-corrected chi connectivity index (χ4v) is 4.49. The summed E-state index contributed by atoms with van der Waals surface area (Å²) in [6, 6.07) is 22.7. The van der Waals surface area contributed by atoms with Gasteiger partial charge in [0, 0.05) is 0 Å². The molecule has 0 amide bonds. The molecule has 0 aliphatic rings. The molecule has 0 bridgehead atoms. The molecule has 0 fully saturated rings. The average Bonchev–Trinajstić information content (AvgIpc) is 3.36. The van der Waals surface area contributed by atoms with Crippen molar-refractivity contribution in [1.82, 2.24) is 0 Å². The van der Waals surface area contributed by atoms with Crippen molar-refractivity contribution in [1.29, 1.82) is 0 Å². The zero-order valence-electron chi connectivity index (χ0n) is 25.7. The first-order valence-electron chi connectivity index (χ1n) is 13.4. The van der Waals surface area contributed by atoms with Crippen LogP contribution in [0.25, 0.3) is 21.5 Å². The SMILES string of the molecule is CC(C)c1cc2c(C(C)(C)C)cccc2[cH-]1.CC(C)c1cc2c(C(C)(C)C)cccc2[cH-]1.C[Si](C)=[Zr+2].[Cl-].[Cl-]. The molecule has 4 heteroatoms. The molecule has 0 unspecified atom stereocenters. The Morgan fingerprint density at radius 1 is 0.632 bits per heavy atom. The quantitative estimate of drug-likeness (QED) is 0.218. The van der Waals surface area contributed by atoms with E-state index >= 15 is 0 Å². The van der Waals surface area contributed by atoms with Gasteiger partial charge in [0.2, 0.25) is 0 Å². The third kappa shape index (κ3) is 10.4. The Labute approximate surface area is 261 Å². The largest absolute Gasteiger partial charge is 1.00 e. The van der Waals surface area contributed by atoms with Gasteiger partial charge in [-0.1, -0.05) is 92.5 Å². The molecule has 0 spiro atoms. The summed E-state index contributed by atoms with van der Waals surface area (Å²) in [5.74, 6) is 1.22. The molecule has 4 rings (SSSR count). The van der Waals surface area contributed by atoms with Crippen LogP contribution in [0.2, 0.25) is 13.1 Å². The summed E-state index contributed by atoms with van der Waals surface area (Å²) < 4.78 is 0. The minimum Gasteiger partial charge on any atom is -1.00 e. The van der Waals surface area contributed by atoms with Crippen LogP contribution in [0, 0.1) is 0 Å². The molecule has 38 heavy (non-hydrogen) atoms. The maximum Gasteiger partial charge on any atom is -1.00 e. The predicted molar refractivity (Wildman–Crippen MR) is 162 cm³/mol. The molecule has 0 aliphatic carbocycles. The average molecular weight is 647 g/mol. The Morgan fingerprint density at radius 3 is 1.16 bits per heavy atom. The van der Waals surface area contributed by atoms with E-state index in [1.165, 1.54) is 43.8 Å². The van der Waals surface area contributed by atoms with Crippen molar-refractivity contribution in [2.24, 2.45) is 0 Å². The van der Waals surface area contributed by atoms with E-state index in [-0.39, 0.29) is 41.1 Å². The van der Waals surface area contributed by atoms with E-state index in [0.717, 1.165) is 0 Å². The predicted octanol–water partition coefficient (Wildman–Crippen LogP) is 4.75. The number of hydrogen-bond acceptors (Lipinski definition) is 0. The van der Waals surface area contributed by atoms with Gasteiger partial charge >= 0.3 is 41.9 Å². The van der Waals surface area contributed by atoms with Gasteiger partial charge in [-0.3, -0.25) is 0 Å². The van der Waals surface area contributed by atoms with Gasteiger partial charge in [0.15, 0.2) is 0 Å². The second kappa shape index (κ2) is 15.4. The van der Waals surface area contributed by atoms with Crippen LogP contribution in [0.4, 0.5) is 0 Å². The molecule has 0 heterocycles. The van der Waals surface area contributed by atoms with E-state index in [1.807, 2.05) is 0 Å². The fraction of sp³-hybridized carbons (Fsp3) is 0.471. The summed E-state index contributed by atoms with van der Waals surface area (Å²) in [5.41, 5.74) is 6.47. The summed E-state index contributed by atoms with van der Waals surface area (Å²) in [5, 5.41) is 5.63. The van der Waals surface area contributed by atoms with E-state index < -0.39 is 0 Å². The van der Waals surface area contributed by atoms with Crippen molar-refractivity contribution in [3.8, 4) is 0 Å². The molecule has 0 saturated carbocycles. The van der Waals surface area contributed by atoms with Crippen LogP contribution in [0.15, 0.2) is 60.7 Å². The van der Waals surface area contributed by atoms with Crippen molar-refractivity contribution in [3.05, 3.63) is 82.9 Å². The molecule has 0 nitrogen and oxygen atoms in total. The Bertz CT molecular complexity index is 1190. The Hall–Kier alpha value is -0.660. The summed E-state index contributed by atoms with van der Waals surface area (Å²) in [6.07, 6.45) is 0. The van der Waals surface area contributed by atoms with Crippen LogP contribution in [0.3, 0.4) is 0 Å². The van der Waals surface area contributed by atoms with Gasteiger partial charge in [0.05, 0.1) is 0 Å². The van der Waals surface area contributed by atoms with Gasteiger partial charge in [0.25, 0.3) is 0 Å².